The van der Waals surface area contributed by atoms with Gasteiger partial charge in [-0.3, -0.25) is 4.90 Å². The minimum atomic E-state index is -0.314. The van der Waals surface area contributed by atoms with Crippen LogP contribution in [0.15, 0.2) is 18.2 Å². The second-order valence-electron chi connectivity index (χ2n) is 13.9. The highest BCUT2D eigenvalue weighted by Crippen LogP contribution is 2.50. The van der Waals surface area contributed by atoms with Gasteiger partial charge in [-0.05, 0) is 109 Å². The molecule has 5 heterocycles. The molecule has 0 bridgehead atoms. The third-order valence-corrected chi connectivity index (χ3v) is 11.2. The maximum absolute atomic E-state index is 6.47. The number of ether oxygens (including phenoxy) is 1. The molecule has 6 nitrogen and oxygen atoms in total. The van der Waals surface area contributed by atoms with Crippen LogP contribution in [0.5, 0.6) is 0 Å². The van der Waals surface area contributed by atoms with Crippen LogP contribution < -0.4 is 10.4 Å². The lowest BCUT2D eigenvalue weighted by Gasteiger charge is -2.49. The first kappa shape index (κ1) is 24.9. The van der Waals surface area contributed by atoms with Crippen molar-refractivity contribution in [3.8, 4) is 0 Å². The topological polar surface area (TPSA) is 37.4 Å². The van der Waals surface area contributed by atoms with Crippen molar-refractivity contribution in [3.05, 3.63) is 23.8 Å². The van der Waals surface area contributed by atoms with Crippen LogP contribution in [-0.2, 0) is 19.5 Å². The number of hydrogen-bond donors (Lipinski definition) is 0. The number of nitrogens with zero attached hydrogens (tertiary/aromatic N) is 3. The molecule has 202 valence electrons. The number of piperidine rings is 2. The zero-order valence-electron chi connectivity index (χ0n) is 23.5. The minimum Gasteiger partial charge on any atom is -0.399 e. The third-order valence-electron chi connectivity index (χ3n) is 11.2. The summed E-state index contributed by atoms with van der Waals surface area (Å²) in [5.74, 6) is 0. The Labute approximate surface area is 224 Å². The number of fused-ring (bicyclic) bond motifs is 2. The minimum absolute atomic E-state index is 0.279. The molecule has 0 unspecified atom stereocenters. The Morgan fingerprint density at radius 2 is 1.43 bits per heavy atom. The van der Waals surface area contributed by atoms with E-state index >= 15 is 0 Å². The van der Waals surface area contributed by atoms with Crippen molar-refractivity contribution in [2.75, 3.05) is 50.8 Å². The summed E-state index contributed by atoms with van der Waals surface area (Å²) < 4.78 is 18.5. The van der Waals surface area contributed by atoms with Gasteiger partial charge in [0, 0.05) is 29.7 Å². The summed E-state index contributed by atoms with van der Waals surface area (Å²) >= 11 is 0. The van der Waals surface area contributed by atoms with Crippen molar-refractivity contribution in [2.45, 2.75) is 107 Å². The molecule has 7 heteroatoms. The van der Waals surface area contributed by atoms with Gasteiger partial charge in [0.25, 0.3) is 0 Å². The average Bonchev–Trinajstić information content (AvgIpc) is 3.23. The van der Waals surface area contributed by atoms with Gasteiger partial charge >= 0.3 is 7.12 Å². The van der Waals surface area contributed by atoms with E-state index in [1.165, 1.54) is 88.8 Å². The van der Waals surface area contributed by atoms with Gasteiger partial charge in [0.2, 0.25) is 0 Å². The van der Waals surface area contributed by atoms with Crippen molar-refractivity contribution < 1.29 is 14.0 Å². The van der Waals surface area contributed by atoms with E-state index in [1.807, 2.05) is 0 Å². The van der Waals surface area contributed by atoms with Gasteiger partial charge in [-0.1, -0.05) is 18.6 Å². The molecule has 0 atom stereocenters. The zero-order chi connectivity index (χ0) is 25.4. The summed E-state index contributed by atoms with van der Waals surface area (Å²) in [7, 11) is -0.295. The van der Waals surface area contributed by atoms with Crippen LogP contribution in [-0.4, -0.2) is 92.2 Å². The normalized spacial score (nSPS) is 33.4. The van der Waals surface area contributed by atoms with Crippen molar-refractivity contribution >= 4 is 18.3 Å². The lowest BCUT2D eigenvalue weighted by atomic mass is 9.72. The van der Waals surface area contributed by atoms with E-state index in [0.717, 1.165) is 19.3 Å². The van der Waals surface area contributed by atoms with Crippen LogP contribution in [0.2, 0.25) is 0 Å². The van der Waals surface area contributed by atoms with E-state index in [0.29, 0.717) is 12.1 Å². The molecule has 0 radical (unpaired) electrons. The molecule has 0 amide bonds. The van der Waals surface area contributed by atoms with Crippen LogP contribution in [0.4, 0.5) is 5.69 Å². The van der Waals surface area contributed by atoms with Crippen LogP contribution in [0.1, 0.15) is 78.2 Å². The van der Waals surface area contributed by atoms with Crippen molar-refractivity contribution in [2.24, 2.45) is 0 Å². The molecule has 6 aliphatic rings. The molecule has 0 aromatic heterocycles. The Balaban J connectivity index is 1.14. The summed E-state index contributed by atoms with van der Waals surface area (Å²) in [5.41, 5.74) is 3.88. The standard InChI is InChI=1S/C30H46BN3O3/c1-28(2)29(3,4)37-31(36-28)22-8-9-26-27(16-22)34(24-17-23(18-24)32-12-6-5-7-13-32)21-30(26)10-14-33(15-11-30)25-19-35-20-25/h8-9,16,23-25H,5-7,10-15,17-21H2,1-4H3. The highest BCUT2D eigenvalue weighted by molar-refractivity contribution is 6.62. The number of likely N-dealkylation sites (tertiary alicyclic amines) is 2. The summed E-state index contributed by atoms with van der Waals surface area (Å²) in [4.78, 5) is 8.28. The first-order valence-electron chi connectivity index (χ1n) is 15.1. The highest BCUT2D eigenvalue weighted by Gasteiger charge is 2.53. The van der Waals surface area contributed by atoms with Gasteiger partial charge in [-0.15, -0.1) is 0 Å². The van der Waals surface area contributed by atoms with Gasteiger partial charge in [-0.25, -0.2) is 0 Å². The average molecular weight is 508 g/mol. The summed E-state index contributed by atoms with van der Waals surface area (Å²) in [6, 6.07) is 9.28. The molecule has 1 aromatic carbocycles. The summed E-state index contributed by atoms with van der Waals surface area (Å²) in [6.07, 6.45) is 9.34. The Morgan fingerprint density at radius 1 is 0.784 bits per heavy atom. The van der Waals surface area contributed by atoms with Crippen LogP contribution >= 0.6 is 0 Å². The van der Waals surface area contributed by atoms with E-state index in [4.69, 9.17) is 14.0 Å². The van der Waals surface area contributed by atoms with E-state index in [9.17, 15) is 0 Å². The lowest BCUT2D eigenvalue weighted by molar-refractivity contribution is -0.0753. The molecule has 4 saturated heterocycles. The molecular formula is C30H46BN3O3. The second-order valence-corrected chi connectivity index (χ2v) is 13.9. The molecule has 1 aromatic rings. The number of anilines is 1. The molecule has 1 saturated carbocycles. The van der Waals surface area contributed by atoms with Crippen LogP contribution in [0.25, 0.3) is 0 Å². The van der Waals surface area contributed by atoms with Gasteiger partial charge in [0.15, 0.2) is 0 Å². The van der Waals surface area contributed by atoms with E-state index in [-0.39, 0.29) is 23.7 Å². The molecule has 37 heavy (non-hydrogen) atoms. The van der Waals surface area contributed by atoms with Gasteiger partial charge in [0.05, 0.1) is 30.5 Å². The first-order chi connectivity index (χ1) is 17.7. The zero-order valence-corrected chi connectivity index (χ0v) is 23.5. The van der Waals surface area contributed by atoms with E-state index in [2.05, 4.69) is 60.6 Å². The molecule has 5 fully saturated rings. The molecule has 1 spiro atoms. The Kier molecular flexibility index (Phi) is 6.02. The Hall–Kier alpha value is -1.12. The maximum Gasteiger partial charge on any atom is 0.494 e. The van der Waals surface area contributed by atoms with Crippen molar-refractivity contribution in [3.63, 3.8) is 0 Å². The fourth-order valence-corrected chi connectivity index (χ4v) is 7.76. The third kappa shape index (κ3) is 4.10. The highest BCUT2D eigenvalue weighted by atomic mass is 16.7. The summed E-state index contributed by atoms with van der Waals surface area (Å²) in [6.45, 7) is 16.6. The molecule has 7 rings (SSSR count). The summed E-state index contributed by atoms with van der Waals surface area (Å²) in [5, 5.41) is 0. The predicted octanol–water partition coefficient (Wildman–Crippen LogP) is 3.56. The monoisotopic (exact) mass is 507 g/mol. The Morgan fingerprint density at radius 3 is 2.05 bits per heavy atom. The SMILES string of the molecule is CC1(C)OB(c2ccc3c(c2)N(C2CC(N4CCCCC4)C2)CC32CCN(C3COC3)CC2)OC1(C)C. The quantitative estimate of drug-likeness (QED) is 0.581. The largest absolute Gasteiger partial charge is 0.494 e. The number of rotatable bonds is 4. The van der Waals surface area contributed by atoms with E-state index < -0.39 is 0 Å². The van der Waals surface area contributed by atoms with Crippen LogP contribution in [0.3, 0.4) is 0 Å². The smallest absolute Gasteiger partial charge is 0.399 e. The first-order valence-corrected chi connectivity index (χ1v) is 15.1. The molecule has 0 N–H and O–H groups in total. The fraction of sp³-hybridized carbons (Fsp3) is 0.800. The van der Waals surface area contributed by atoms with Gasteiger partial charge < -0.3 is 23.8 Å². The lowest BCUT2D eigenvalue weighted by Crippen LogP contribution is -2.57. The number of benzene rings is 1. The molecule has 5 aliphatic heterocycles. The number of hydrogen-bond acceptors (Lipinski definition) is 6. The fourth-order valence-electron chi connectivity index (χ4n) is 7.76. The maximum atomic E-state index is 6.47. The van der Waals surface area contributed by atoms with Crippen molar-refractivity contribution in [1.29, 1.82) is 0 Å². The van der Waals surface area contributed by atoms with Crippen molar-refractivity contribution in [1.82, 2.24) is 9.80 Å². The molecule has 1 aliphatic carbocycles. The predicted molar refractivity (Wildman–Crippen MR) is 149 cm³/mol. The molecular weight excluding hydrogens is 461 g/mol. The van der Waals surface area contributed by atoms with Gasteiger partial charge in [-0.2, -0.15) is 0 Å². The van der Waals surface area contributed by atoms with Crippen LogP contribution in [0, 0.1) is 0 Å². The second kappa shape index (κ2) is 8.95. The Bertz CT molecular complexity index is 991. The van der Waals surface area contributed by atoms with E-state index in [1.54, 1.807) is 5.56 Å². The van der Waals surface area contributed by atoms with Gasteiger partial charge in [0.1, 0.15) is 0 Å².